The molecule has 4 aromatic carbocycles. The Morgan fingerprint density at radius 3 is 1.45 bits per heavy atom. The fourth-order valence-corrected chi connectivity index (χ4v) is 2.99. The van der Waals surface area contributed by atoms with E-state index in [0.29, 0.717) is 11.1 Å². The molecule has 0 amide bonds. The molecule has 31 heavy (non-hydrogen) atoms. The molecule has 0 aliphatic heterocycles. The first kappa shape index (κ1) is 23.0. The van der Waals surface area contributed by atoms with Crippen LogP contribution in [0.2, 0.25) is 0 Å². The normalized spacial score (nSPS) is 10.9. The second kappa shape index (κ2) is 11.7. The molecule has 2 N–H and O–H groups in total. The summed E-state index contributed by atoms with van der Waals surface area (Å²) in [5, 5.41) is 21.8. The molecule has 0 aliphatic rings. The van der Waals surface area contributed by atoms with Gasteiger partial charge in [0.15, 0.2) is 0 Å². The number of aliphatic imine (C=N–C) groups is 2. The van der Waals surface area contributed by atoms with Gasteiger partial charge in [-0.3, -0.25) is 9.98 Å². The molecule has 0 fully saturated rings. The van der Waals surface area contributed by atoms with E-state index >= 15 is 0 Å². The Labute approximate surface area is 197 Å². The molecule has 0 aromatic heterocycles. The third-order valence-corrected chi connectivity index (χ3v) is 4.42. The van der Waals surface area contributed by atoms with Crippen LogP contribution in [0.1, 0.15) is 11.1 Å². The van der Waals surface area contributed by atoms with Crippen molar-refractivity contribution in [2.24, 2.45) is 9.98 Å². The first-order chi connectivity index (χ1) is 15.1. The van der Waals surface area contributed by atoms with Gasteiger partial charge in [-0.1, -0.05) is 48.5 Å². The number of phenolic OH excluding ortho intramolecular Hbond substituents is 2. The zero-order valence-corrected chi connectivity index (χ0v) is 19.4. The molecule has 0 heterocycles. The number of aromatic hydroxyl groups is 2. The Kier molecular flexibility index (Phi) is 8.68. The van der Waals surface area contributed by atoms with Crippen LogP contribution in [0.5, 0.6) is 11.5 Å². The molecule has 4 rings (SSSR count). The molecule has 0 saturated carbocycles. The van der Waals surface area contributed by atoms with Gasteiger partial charge in [0.2, 0.25) is 0 Å². The Morgan fingerprint density at radius 1 is 0.613 bits per heavy atom. The van der Waals surface area contributed by atoms with E-state index in [1.54, 1.807) is 48.8 Å². The first-order valence-corrected chi connectivity index (χ1v) is 13.6. The summed E-state index contributed by atoms with van der Waals surface area (Å²) in [4.78, 5) is 9.18. The van der Waals surface area contributed by atoms with E-state index in [4.69, 9.17) is 18.6 Å². The summed E-state index contributed by atoms with van der Waals surface area (Å²) in [6, 6.07) is 25.9. The van der Waals surface area contributed by atoms with Gasteiger partial charge < -0.3 is 10.2 Å². The van der Waals surface area contributed by atoms with Crippen molar-refractivity contribution >= 4 is 53.2 Å². The van der Waals surface area contributed by atoms with E-state index in [9.17, 15) is 10.2 Å². The van der Waals surface area contributed by atoms with E-state index < -0.39 is 17.0 Å². The SMILES string of the molecule is Oc1ccccc1C=Nc1cccc2cccc(N=Cc3ccccc3O)c12.[Cl][Ti][Cl]. The number of fused-ring (bicyclic) bond motifs is 1. The van der Waals surface area contributed by atoms with Crippen molar-refractivity contribution in [1.82, 2.24) is 0 Å². The molecule has 7 heteroatoms. The van der Waals surface area contributed by atoms with Crippen molar-refractivity contribution in [1.29, 1.82) is 0 Å². The molecule has 0 saturated heterocycles. The zero-order valence-electron chi connectivity index (χ0n) is 16.3. The Morgan fingerprint density at radius 2 is 1.03 bits per heavy atom. The van der Waals surface area contributed by atoms with Gasteiger partial charge in [0.25, 0.3) is 0 Å². The quantitative estimate of drug-likeness (QED) is 0.239. The number of rotatable bonds is 4. The predicted octanol–water partition coefficient (Wildman–Crippen LogP) is 7.13. The van der Waals surface area contributed by atoms with Gasteiger partial charge in [0, 0.05) is 28.9 Å². The van der Waals surface area contributed by atoms with Gasteiger partial charge >= 0.3 is 35.6 Å². The zero-order chi connectivity index (χ0) is 22.1. The topological polar surface area (TPSA) is 65.2 Å². The van der Waals surface area contributed by atoms with E-state index in [0.717, 1.165) is 22.1 Å². The summed E-state index contributed by atoms with van der Waals surface area (Å²) < 4.78 is 0. The van der Waals surface area contributed by atoms with Crippen molar-refractivity contribution in [2.45, 2.75) is 0 Å². The average molecular weight is 485 g/mol. The Bertz CT molecular complexity index is 1140. The van der Waals surface area contributed by atoms with Gasteiger partial charge in [-0.25, -0.2) is 0 Å². The van der Waals surface area contributed by atoms with Gasteiger partial charge in [-0.05, 0) is 41.8 Å². The van der Waals surface area contributed by atoms with Gasteiger partial charge in [-0.15, -0.1) is 0 Å². The second-order valence-electron chi connectivity index (χ2n) is 6.36. The predicted molar refractivity (Wildman–Crippen MR) is 126 cm³/mol. The van der Waals surface area contributed by atoms with Crippen LogP contribution in [0.4, 0.5) is 11.4 Å². The summed E-state index contributed by atoms with van der Waals surface area (Å²) >= 11 is -0.556. The first-order valence-electron chi connectivity index (χ1n) is 9.26. The Hall–Kier alpha value is -2.63. The minimum absolute atomic E-state index is 0.185. The number of phenols is 2. The Balaban J connectivity index is 0.000000858. The summed E-state index contributed by atoms with van der Waals surface area (Å²) in [6.07, 6.45) is 3.29. The average Bonchev–Trinajstić information content (AvgIpc) is 2.78. The summed E-state index contributed by atoms with van der Waals surface area (Å²) in [5.41, 5.74) is 2.81. The molecule has 154 valence electrons. The van der Waals surface area contributed by atoms with Crippen molar-refractivity contribution in [3.8, 4) is 11.5 Å². The number of hydrogen-bond acceptors (Lipinski definition) is 4. The van der Waals surface area contributed by atoms with Gasteiger partial charge in [-0.2, -0.15) is 0 Å². The van der Waals surface area contributed by atoms with Gasteiger partial charge in [0.1, 0.15) is 11.5 Å². The van der Waals surface area contributed by atoms with Crippen LogP contribution >= 0.6 is 18.6 Å². The molecule has 0 bridgehead atoms. The molecule has 0 radical (unpaired) electrons. The maximum absolute atomic E-state index is 9.95. The van der Waals surface area contributed by atoms with Crippen LogP contribution in [0.3, 0.4) is 0 Å². The third-order valence-electron chi connectivity index (χ3n) is 4.42. The van der Waals surface area contributed by atoms with Gasteiger partial charge in [0.05, 0.1) is 11.4 Å². The number of nitrogens with zero attached hydrogens (tertiary/aromatic N) is 2. The molecule has 4 aromatic rings. The molecule has 4 nitrogen and oxygen atoms in total. The summed E-state index contributed by atoms with van der Waals surface area (Å²) in [6.45, 7) is 0. The van der Waals surface area contributed by atoms with Crippen LogP contribution in [0, 0.1) is 0 Å². The van der Waals surface area contributed by atoms with Crippen LogP contribution < -0.4 is 0 Å². The van der Waals surface area contributed by atoms with E-state index in [-0.39, 0.29) is 11.5 Å². The van der Waals surface area contributed by atoms with Crippen molar-refractivity contribution < 1.29 is 27.2 Å². The number of benzene rings is 4. The van der Waals surface area contributed by atoms with Crippen molar-refractivity contribution in [2.75, 3.05) is 0 Å². The van der Waals surface area contributed by atoms with Crippen molar-refractivity contribution in [3.63, 3.8) is 0 Å². The minimum atomic E-state index is -0.556. The van der Waals surface area contributed by atoms with Crippen LogP contribution in [0.25, 0.3) is 10.8 Å². The monoisotopic (exact) mass is 484 g/mol. The fourth-order valence-electron chi connectivity index (χ4n) is 2.99. The number of hydrogen-bond donors (Lipinski definition) is 2. The van der Waals surface area contributed by atoms with Crippen LogP contribution in [0.15, 0.2) is 94.9 Å². The summed E-state index contributed by atoms with van der Waals surface area (Å²) in [5.74, 6) is 0.369. The van der Waals surface area contributed by atoms with Crippen LogP contribution in [-0.4, -0.2) is 22.6 Å². The van der Waals surface area contributed by atoms with Crippen molar-refractivity contribution in [3.05, 3.63) is 96.1 Å². The third kappa shape index (κ3) is 6.19. The molecular formula is C24H18Cl2N2O2Ti. The second-order valence-corrected chi connectivity index (χ2v) is 8.94. The fraction of sp³-hybridized carbons (Fsp3) is 0. The molecule has 0 atom stereocenters. The standard InChI is InChI=1S/C24H18N2O2.2ClH.Ti/c27-22-13-3-1-7-18(22)15-25-20-11-5-9-17-10-6-12-21(24(17)20)26-16-19-8-2-4-14-23(19)28;;;/h1-16,27-28H;2*1H;/q;;;+2/p-2. The summed E-state index contributed by atoms with van der Waals surface area (Å²) in [7, 11) is 9.78. The molecular weight excluding hydrogens is 467 g/mol. The van der Waals surface area contributed by atoms with E-state index in [1.807, 2.05) is 48.5 Å². The number of halogens is 2. The maximum atomic E-state index is 9.95. The van der Waals surface area contributed by atoms with Crippen LogP contribution in [-0.2, 0) is 17.0 Å². The number of para-hydroxylation sites is 2. The molecule has 0 unspecified atom stereocenters. The van der Waals surface area contributed by atoms with E-state index in [2.05, 4.69) is 9.98 Å². The molecule has 0 spiro atoms. The van der Waals surface area contributed by atoms with E-state index in [1.165, 1.54) is 0 Å². The molecule has 0 aliphatic carbocycles.